The predicted molar refractivity (Wildman–Crippen MR) is 92.6 cm³/mol. The summed E-state index contributed by atoms with van der Waals surface area (Å²) < 4.78 is 51.6. The molecule has 0 N–H and O–H groups in total. The van der Waals surface area contributed by atoms with Crippen LogP contribution in [0.3, 0.4) is 0 Å². The van der Waals surface area contributed by atoms with Gasteiger partial charge >= 0.3 is 123 Å². The van der Waals surface area contributed by atoms with E-state index in [2.05, 4.69) is 3.63 Å². The summed E-state index contributed by atoms with van der Waals surface area (Å²) in [5.74, 6) is 0. The van der Waals surface area contributed by atoms with E-state index in [1.54, 1.807) is 12.1 Å². The summed E-state index contributed by atoms with van der Waals surface area (Å²) in [7, 11) is -8.71. The van der Waals surface area contributed by atoms with Crippen LogP contribution in [0.1, 0.15) is 0 Å². The molecule has 0 heterocycles. The first-order valence-corrected chi connectivity index (χ1v) is 8.05. The van der Waals surface area contributed by atoms with Crippen molar-refractivity contribution in [2.45, 2.75) is 9.79 Å². The molecule has 0 spiro atoms. The molecule has 2 rings (SSSR count). The standard InChI is InChI=1S/C12H10O5S2.Al.2K.5H/c13-18(14,11-7-3-1-4-8-11)17-19(15,16)12-9-5-2-6-10-12;;;;;;;;/h1-10H;;;;;;;;. The average Bonchev–Trinajstić information content (AvgIpc) is 2.40. The van der Waals surface area contributed by atoms with Crippen LogP contribution in [-0.4, -0.2) is 137 Å². The van der Waals surface area contributed by atoms with Crippen molar-refractivity contribution in [3.05, 3.63) is 60.7 Å². The zero-order chi connectivity index (χ0) is 13.9. The second-order valence-electron chi connectivity index (χ2n) is 3.60. The van der Waals surface area contributed by atoms with Crippen LogP contribution in [0, 0.1) is 0 Å². The Kier molecular flexibility index (Phi) is 14.0. The molecule has 0 aliphatic carbocycles. The number of hydrogen-bond acceptors (Lipinski definition) is 5. The Balaban J connectivity index is 0. The molecule has 22 heavy (non-hydrogen) atoms. The van der Waals surface area contributed by atoms with E-state index in [0.717, 1.165) is 0 Å². The van der Waals surface area contributed by atoms with Crippen LogP contribution < -0.4 is 0 Å². The molecule has 0 saturated heterocycles. The molecule has 0 radical (unpaired) electrons. The van der Waals surface area contributed by atoms with Crippen LogP contribution in [-0.2, 0) is 23.9 Å². The van der Waals surface area contributed by atoms with Crippen LogP contribution in [0.2, 0.25) is 0 Å². The fraction of sp³-hybridized carbons (Fsp3) is 0. The van der Waals surface area contributed by atoms with Crippen molar-refractivity contribution in [1.29, 1.82) is 0 Å². The summed E-state index contributed by atoms with van der Waals surface area (Å²) in [6, 6.07) is 14.2. The fourth-order valence-corrected chi connectivity index (χ4v) is 3.92. The monoisotopic (exact) mass is 408 g/mol. The molecule has 0 amide bonds. The number of benzene rings is 2. The first-order chi connectivity index (χ1) is 8.92. The normalized spacial score (nSPS) is 10.5. The molecule has 2 aromatic carbocycles. The van der Waals surface area contributed by atoms with Crippen molar-refractivity contribution in [2.75, 3.05) is 0 Å². The minimum absolute atomic E-state index is 0. The van der Waals surface area contributed by atoms with Gasteiger partial charge in [0.25, 0.3) is 0 Å². The number of rotatable bonds is 4. The first-order valence-electron chi connectivity index (χ1n) is 5.23. The van der Waals surface area contributed by atoms with Gasteiger partial charge in [0.2, 0.25) is 0 Å². The van der Waals surface area contributed by atoms with Gasteiger partial charge in [0.15, 0.2) is 17.4 Å². The van der Waals surface area contributed by atoms with E-state index >= 15 is 0 Å². The average molecular weight is 409 g/mol. The summed E-state index contributed by atoms with van der Waals surface area (Å²) in [6.45, 7) is 0. The summed E-state index contributed by atoms with van der Waals surface area (Å²) in [4.78, 5) is -0.427. The predicted octanol–water partition coefficient (Wildman–Crippen LogP) is -0.700. The molecule has 10 heteroatoms. The van der Waals surface area contributed by atoms with Crippen molar-refractivity contribution in [2.24, 2.45) is 0 Å². The van der Waals surface area contributed by atoms with Gasteiger partial charge in [-0.15, -0.1) is 3.63 Å². The zero-order valence-corrected chi connectivity index (χ0v) is 11.3. The molecule has 0 aromatic heterocycles. The van der Waals surface area contributed by atoms with Crippen LogP contribution >= 0.6 is 0 Å². The Bertz CT molecular complexity index is 698. The van der Waals surface area contributed by atoms with Crippen molar-refractivity contribution < 1.29 is 20.5 Å². The van der Waals surface area contributed by atoms with Gasteiger partial charge in [0.1, 0.15) is 0 Å². The van der Waals surface area contributed by atoms with E-state index in [4.69, 9.17) is 0 Å². The minimum atomic E-state index is -4.35. The van der Waals surface area contributed by atoms with Crippen molar-refractivity contribution >= 4 is 140 Å². The van der Waals surface area contributed by atoms with E-state index in [-0.39, 0.29) is 130 Å². The van der Waals surface area contributed by atoms with Crippen molar-refractivity contribution in [3.8, 4) is 0 Å². The Hall–Kier alpha value is 2.11. The molecular formula is C12H15AlK2O5S2. The van der Waals surface area contributed by atoms with E-state index < -0.39 is 20.2 Å². The molecule has 0 aliphatic rings. The van der Waals surface area contributed by atoms with Gasteiger partial charge in [-0.05, 0) is 24.3 Å². The van der Waals surface area contributed by atoms with Gasteiger partial charge in [0.05, 0.1) is 9.79 Å². The molecule has 0 unspecified atom stereocenters. The zero-order valence-electron chi connectivity index (χ0n) is 9.63. The van der Waals surface area contributed by atoms with E-state index in [0.29, 0.717) is 0 Å². The third-order valence-corrected chi connectivity index (χ3v) is 5.38. The molecule has 0 bridgehead atoms. The van der Waals surface area contributed by atoms with Crippen LogP contribution in [0.4, 0.5) is 0 Å². The Morgan fingerprint density at radius 3 is 1.14 bits per heavy atom. The van der Waals surface area contributed by atoms with Gasteiger partial charge in [-0.2, -0.15) is 16.8 Å². The Morgan fingerprint density at radius 1 is 0.591 bits per heavy atom. The molecule has 0 saturated carbocycles. The SMILES string of the molecule is O=S(=O)(OS(=O)(=O)c1ccccc1)c1ccccc1.[AlH3].[KH].[KH]. The molecular weight excluding hydrogens is 393 g/mol. The van der Waals surface area contributed by atoms with Crippen molar-refractivity contribution in [3.63, 3.8) is 0 Å². The van der Waals surface area contributed by atoms with Gasteiger partial charge in [0, 0.05) is 0 Å². The second-order valence-corrected chi connectivity index (χ2v) is 6.91. The van der Waals surface area contributed by atoms with Crippen molar-refractivity contribution in [1.82, 2.24) is 0 Å². The third kappa shape index (κ3) is 7.55. The molecule has 2 aromatic rings. The van der Waals surface area contributed by atoms with Crippen LogP contribution in [0.5, 0.6) is 0 Å². The van der Waals surface area contributed by atoms with E-state index in [9.17, 15) is 16.8 Å². The van der Waals surface area contributed by atoms with E-state index in [1.807, 2.05) is 0 Å². The molecule has 110 valence electrons. The van der Waals surface area contributed by atoms with E-state index in [1.165, 1.54) is 48.5 Å². The summed E-state index contributed by atoms with van der Waals surface area (Å²) in [5, 5.41) is 0. The van der Waals surface area contributed by atoms with Crippen LogP contribution in [0.15, 0.2) is 70.5 Å². The summed E-state index contributed by atoms with van der Waals surface area (Å²) in [5.41, 5.74) is 0. The third-order valence-electron chi connectivity index (χ3n) is 2.24. The van der Waals surface area contributed by atoms with Gasteiger partial charge < -0.3 is 0 Å². The summed E-state index contributed by atoms with van der Waals surface area (Å²) >= 11 is 0. The Labute approximate surface area is 226 Å². The molecule has 5 nitrogen and oxygen atoms in total. The molecule has 0 aliphatic heterocycles. The maximum absolute atomic E-state index is 11.8. The topological polar surface area (TPSA) is 77.5 Å². The Morgan fingerprint density at radius 2 is 0.864 bits per heavy atom. The summed E-state index contributed by atoms with van der Waals surface area (Å²) in [6.07, 6.45) is 0. The fourth-order valence-electron chi connectivity index (χ4n) is 1.37. The number of hydrogen-bond donors (Lipinski definition) is 0. The second kappa shape index (κ2) is 11.7. The van der Waals surface area contributed by atoms with Crippen LogP contribution in [0.25, 0.3) is 0 Å². The maximum atomic E-state index is 11.8. The quantitative estimate of drug-likeness (QED) is 0.626. The van der Waals surface area contributed by atoms with Gasteiger partial charge in [-0.3, -0.25) is 0 Å². The first kappa shape index (κ1) is 26.3. The molecule has 0 atom stereocenters. The molecule has 0 fully saturated rings. The van der Waals surface area contributed by atoms with Gasteiger partial charge in [-0.25, -0.2) is 0 Å². The van der Waals surface area contributed by atoms with Gasteiger partial charge in [-0.1, -0.05) is 36.4 Å².